The summed E-state index contributed by atoms with van der Waals surface area (Å²) in [6.07, 6.45) is 0. The zero-order valence-electron chi connectivity index (χ0n) is 11.1. The second-order valence-electron chi connectivity index (χ2n) is 4.70. The van der Waals surface area contributed by atoms with Crippen LogP contribution in [0.4, 0.5) is 0 Å². The van der Waals surface area contributed by atoms with Crippen LogP contribution in [0.2, 0.25) is 0 Å². The lowest BCUT2D eigenvalue weighted by Gasteiger charge is -2.05. The number of hydrogen-bond donors (Lipinski definition) is 3. The van der Waals surface area contributed by atoms with Gasteiger partial charge in [-0.25, -0.2) is 4.79 Å². The van der Waals surface area contributed by atoms with Crippen molar-refractivity contribution >= 4 is 16.9 Å². The Morgan fingerprint density at radius 3 is 2.32 bits per heavy atom. The van der Waals surface area contributed by atoms with E-state index >= 15 is 0 Å². The van der Waals surface area contributed by atoms with Gasteiger partial charge in [0, 0.05) is 23.8 Å². The maximum absolute atomic E-state index is 12.1. The molecule has 1 aromatic heterocycles. The average molecular weight is 298 g/mol. The highest BCUT2D eigenvalue weighted by atomic mass is 16.4. The summed E-state index contributed by atoms with van der Waals surface area (Å²) in [6.45, 7) is 0. The van der Waals surface area contributed by atoms with E-state index in [-0.39, 0.29) is 33.8 Å². The van der Waals surface area contributed by atoms with Crippen LogP contribution in [0.15, 0.2) is 51.7 Å². The Morgan fingerprint density at radius 1 is 1.00 bits per heavy atom. The molecule has 1 heterocycles. The molecule has 0 aliphatic rings. The van der Waals surface area contributed by atoms with E-state index in [2.05, 4.69) is 0 Å². The van der Waals surface area contributed by atoms with E-state index in [1.165, 1.54) is 36.4 Å². The molecule has 0 spiro atoms. The molecule has 0 aliphatic heterocycles. The molecule has 0 saturated carbocycles. The van der Waals surface area contributed by atoms with Crippen LogP contribution in [0.3, 0.4) is 0 Å². The van der Waals surface area contributed by atoms with Gasteiger partial charge in [-0.15, -0.1) is 0 Å². The Balaban J connectivity index is 2.19. The van der Waals surface area contributed by atoms with E-state index in [0.29, 0.717) is 5.56 Å². The predicted octanol–water partition coefficient (Wildman–Crippen LogP) is 2.57. The molecule has 6 nitrogen and oxygen atoms in total. The summed E-state index contributed by atoms with van der Waals surface area (Å²) in [5.41, 5.74) is 0.201. The molecule has 22 heavy (non-hydrogen) atoms. The largest absolute Gasteiger partial charge is 0.508 e. The third-order valence-corrected chi connectivity index (χ3v) is 3.21. The van der Waals surface area contributed by atoms with Crippen LogP contribution >= 0.6 is 0 Å². The molecule has 6 heteroatoms. The van der Waals surface area contributed by atoms with Gasteiger partial charge in [0.1, 0.15) is 28.2 Å². The lowest BCUT2D eigenvalue weighted by molar-refractivity contribution is 0.0697. The van der Waals surface area contributed by atoms with Crippen molar-refractivity contribution in [2.75, 3.05) is 0 Å². The fourth-order valence-corrected chi connectivity index (χ4v) is 2.17. The van der Waals surface area contributed by atoms with Crippen molar-refractivity contribution in [2.24, 2.45) is 0 Å². The minimum atomic E-state index is -1.05. The van der Waals surface area contributed by atoms with Crippen molar-refractivity contribution in [3.05, 3.63) is 58.3 Å². The monoisotopic (exact) mass is 298 g/mol. The van der Waals surface area contributed by atoms with Crippen LogP contribution in [0.5, 0.6) is 11.5 Å². The third kappa shape index (κ3) is 2.26. The molecule has 3 aromatic rings. The SMILES string of the molecule is O=C(O)c1ccc(-c2cc(=O)c3c(O)cc(O)cc3o2)cc1. The number of carbonyl (C=O) groups is 1. The lowest BCUT2D eigenvalue weighted by atomic mass is 10.1. The van der Waals surface area contributed by atoms with E-state index in [9.17, 15) is 19.8 Å². The molecule has 0 bridgehead atoms. The van der Waals surface area contributed by atoms with Crippen LogP contribution in [-0.2, 0) is 0 Å². The van der Waals surface area contributed by atoms with Gasteiger partial charge >= 0.3 is 5.97 Å². The zero-order chi connectivity index (χ0) is 15.9. The lowest BCUT2D eigenvalue weighted by Crippen LogP contribution is -2.01. The molecule has 110 valence electrons. The summed E-state index contributed by atoms with van der Waals surface area (Å²) in [4.78, 5) is 22.9. The highest BCUT2D eigenvalue weighted by Gasteiger charge is 2.12. The van der Waals surface area contributed by atoms with E-state index in [1.54, 1.807) is 0 Å². The summed E-state index contributed by atoms with van der Waals surface area (Å²) in [7, 11) is 0. The molecule has 0 saturated heterocycles. The van der Waals surface area contributed by atoms with E-state index < -0.39 is 11.4 Å². The van der Waals surface area contributed by atoms with Gasteiger partial charge in [0.2, 0.25) is 0 Å². The predicted molar refractivity (Wildman–Crippen MR) is 78.2 cm³/mol. The first-order valence-electron chi connectivity index (χ1n) is 6.29. The van der Waals surface area contributed by atoms with Gasteiger partial charge in [0.05, 0.1) is 5.56 Å². The zero-order valence-corrected chi connectivity index (χ0v) is 11.1. The normalized spacial score (nSPS) is 10.7. The number of hydrogen-bond acceptors (Lipinski definition) is 5. The molecule has 3 N–H and O–H groups in total. The second-order valence-corrected chi connectivity index (χ2v) is 4.70. The van der Waals surface area contributed by atoms with Crippen molar-refractivity contribution in [3.8, 4) is 22.8 Å². The number of carboxylic acid groups (broad SMARTS) is 1. The molecule has 0 aliphatic carbocycles. The smallest absolute Gasteiger partial charge is 0.335 e. The molecular formula is C16H10O6. The molecule has 0 fully saturated rings. The highest BCUT2D eigenvalue weighted by Crippen LogP contribution is 2.30. The molecule has 0 atom stereocenters. The summed E-state index contributed by atoms with van der Waals surface area (Å²) >= 11 is 0. The minimum absolute atomic E-state index is 0.0243. The van der Waals surface area contributed by atoms with Gasteiger partial charge in [-0.1, -0.05) is 12.1 Å². The van der Waals surface area contributed by atoms with Gasteiger partial charge in [-0.05, 0) is 12.1 Å². The number of aromatic hydroxyl groups is 2. The molecule has 3 rings (SSSR count). The highest BCUT2D eigenvalue weighted by molar-refractivity contribution is 5.89. The van der Waals surface area contributed by atoms with Gasteiger partial charge in [0.15, 0.2) is 5.43 Å². The number of carboxylic acids is 1. The van der Waals surface area contributed by atoms with Gasteiger partial charge < -0.3 is 19.7 Å². The Hall–Kier alpha value is -3.28. The Morgan fingerprint density at radius 2 is 1.68 bits per heavy atom. The maximum Gasteiger partial charge on any atom is 0.335 e. The fraction of sp³-hybridized carbons (Fsp3) is 0. The summed E-state index contributed by atoms with van der Waals surface area (Å²) in [5.74, 6) is -1.44. The van der Waals surface area contributed by atoms with Crippen molar-refractivity contribution < 1.29 is 24.5 Å². The Bertz CT molecular complexity index is 937. The van der Waals surface area contributed by atoms with Crippen molar-refractivity contribution in [3.63, 3.8) is 0 Å². The fourth-order valence-electron chi connectivity index (χ4n) is 2.17. The van der Waals surface area contributed by atoms with Crippen LogP contribution in [0.25, 0.3) is 22.3 Å². The number of benzene rings is 2. The van der Waals surface area contributed by atoms with Crippen LogP contribution in [0, 0.1) is 0 Å². The first-order chi connectivity index (χ1) is 10.5. The first kappa shape index (κ1) is 13.7. The van der Waals surface area contributed by atoms with Crippen LogP contribution in [0.1, 0.15) is 10.4 Å². The van der Waals surface area contributed by atoms with E-state index in [1.807, 2.05) is 0 Å². The summed E-state index contributed by atoms with van der Waals surface area (Å²) < 4.78 is 5.52. The minimum Gasteiger partial charge on any atom is -0.508 e. The topological polar surface area (TPSA) is 108 Å². The number of phenolic OH excluding ortho intramolecular Hbond substituents is 2. The van der Waals surface area contributed by atoms with Crippen molar-refractivity contribution in [1.29, 1.82) is 0 Å². The van der Waals surface area contributed by atoms with Gasteiger partial charge in [-0.2, -0.15) is 0 Å². The molecule has 0 radical (unpaired) electrons. The number of fused-ring (bicyclic) bond motifs is 1. The number of rotatable bonds is 2. The quantitative estimate of drug-likeness (QED) is 0.671. The maximum atomic E-state index is 12.1. The summed E-state index contributed by atoms with van der Waals surface area (Å²) in [6, 6.07) is 9.29. The van der Waals surface area contributed by atoms with E-state index in [4.69, 9.17) is 9.52 Å². The van der Waals surface area contributed by atoms with Crippen molar-refractivity contribution in [2.45, 2.75) is 0 Å². The number of aromatic carboxylic acids is 1. The molecule has 0 unspecified atom stereocenters. The van der Waals surface area contributed by atoms with Gasteiger partial charge in [0.25, 0.3) is 0 Å². The van der Waals surface area contributed by atoms with Gasteiger partial charge in [-0.3, -0.25) is 4.79 Å². The third-order valence-electron chi connectivity index (χ3n) is 3.21. The number of phenols is 2. The molecule has 2 aromatic carbocycles. The molecular weight excluding hydrogens is 288 g/mol. The average Bonchev–Trinajstić information content (AvgIpc) is 2.46. The molecule has 0 amide bonds. The van der Waals surface area contributed by atoms with E-state index in [0.717, 1.165) is 6.07 Å². The first-order valence-corrected chi connectivity index (χ1v) is 6.29. The second kappa shape index (κ2) is 4.92. The Kier molecular flexibility index (Phi) is 3.06. The van der Waals surface area contributed by atoms with Crippen molar-refractivity contribution in [1.82, 2.24) is 0 Å². The van der Waals surface area contributed by atoms with Crippen LogP contribution < -0.4 is 5.43 Å². The summed E-state index contributed by atoms with van der Waals surface area (Å²) in [5, 5.41) is 28.0. The Labute approximate surface area is 123 Å². The standard InChI is InChI=1S/C16H10O6/c17-10-5-11(18)15-12(19)7-13(22-14(15)6-10)8-1-3-9(4-2-8)16(20)21/h1-7,17-18H,(H,20,21). The van der Waals surface area contributed by atoms with Crippen LogP contribution in [-0.4, -0.2) is 21.3 Å².